The van der Waals surface area contributed by atoms with Gasteiger partial charge in [0.15, 0.2) is 11.6 Å². The minimum Gasteiger partial charge on any atom is -0.356 e. The number of hydrogen-bond acceptors (Lipinski definition) is 4. The highest BCUT2D eigenvalue weighted by molar-refractivity contribution is 5.89. The molecule has 0 saturated carbocycles. The molecule has 8 nitrogen and oxygen atoms in total. The van der Waals surface area contributed by atoms with Crippen molar-refractivity contribution in [1.29, 1.82) is 0 Å². The first-order chi connectivity index (χ1) is 22.3. The van der Waals surface area contributed by atoms with Crippen LogP contribution in [-0.2, 0) is 22.4 Å². The van der Waals surface area contributed by atoms with Gasteiger partial charge in [-0.05, 0) is 94.1 Å². The van der Waals surface area contributed by atoms with Crippen molar-refractivity contribution >= 4 is 17.8 Å². The van der Waals surface area contributed by atoms with Crippen molar-refractivity contribution in [3.05, 3.63) is 71.3 Å². The second kappa shape index (κ2) is 15.8. The molecule has 3 aliphatic heterocycles. The Morgan fingerprint density at radius 2 is 1.65 bits per heavy atom. The van der Waals surface area contributed by atoms with Crippen LogP contribution in [0, 0.1) is 23.0 Å². The van der Waals surface area contributed by atoms with E-state index in [1.165, 1.54) is 25.3 Å². The molecule has 10 heteroatoms. The van der Waals surface area contributed by atoms with Crippen LogP contribution in [0.2, 0.25) is 0 Å². The summed E-state index contributed by atoms with van der Waals surface area (Å²) in [4.78, 5) is 47.6. The zero-order chi connectivity index (χ0) is 32.5. The molecule has 2 aromatic rings. The highest BCUT2D eigenvalue weighted by Crippen LogP contribution is 2.35. The van der Waals surface area contributed by atoms with E-state index in [4.69, 9.17) is 0 Å². The lowest BCUT2D eigenvalue weighted by Gasteiger charge is -2.43. The number of amides is 4. The van der Waals surface area contributed by atoms with E-state index >= 15 is 0 Å². The zero-order valence-electron chi connectivity index (χ0n) is 27.1. The lowest BCUT2D eigenvalue weighted by Crippen LogP contribution is -2.59. The van der Waals surface area contributed by atoms with Crippen LogP contribution >= 0.6 is 0 Å². The molecule has 4 amide bonds. The molecule has 5 rings (SSSR count). The van der Waals surface area contributed by atoms with Crippen LogP contribution in [0.1, 0.15) is 63.0 Å². The lowest BCUT2D eigenvalue weighted by atomic mass is 9.74. The van der Waals surface area contributed by atoms with Gasteiger partial charge in [0.1, 0.15) is 6.04 Å². The van der Waals surface area contributed by atoms with Gasteiger partial charge in [-0.3, -0.25) is 9.59 Å². The fourth-order valence-corrected chi connectivity index (χ4v) is 7.53. The average molecular weight is 638 g/mol. The summed E-state index contributed by atoms with van der Waals surface area (Å²) < 4.78 is 28.0. The van der Waals surface area contributed by atoms with E-state index in [1.54, 1.807) is 9.80 Å². The Labute approximate surface area is 271 Å². The van der Waals surface area contributed by atoms with Crippen molar-refractivity contribution in [1.82, 2.24) is 25.3 Å². The molecule has 0 radical (unpaired) electrons. The van der Waals surface area contributed by atoms with Gasteiger partial charge in [0.25, 0.3) is 0 Å². The van der Waals surface area contributed by atoms with Gasteiger partial charge in [-0.2, -0.15) is 0 Å². The first-order valence-corrected chi connectivity index (χ1v) is 17.1. The zero-order valence-corrected chi connectivity index (χ0v) is 27.1. The van der Waals surface area contributed by atoms with Gasteiger partial charge in [-0.15, -0.1) is 0 Å². The second-order valence-electron chi connectivity index (χ2n) is 13.4. The molecule has 3 saturated heterocycles. The Bertz CT molecular complexity index is 1340. The number of nitrogens with one attached hydrogen (secondary N) is 2. The first kappa shape index (κ1) is 33.8. The van der Waals surface area contributed by atoms with Gasteiger partial charge in [0.2, 0.25) is 11.8 Å². The molecule has 0 spiro atoms. The molecule has 3 aliphatic rings. The number of nitrogens with zero attached hydrogens (tertiary/aromatic N) is 3. The van der Waals surface area contributed by atoms with Crippen molar-refractivity contribution in [2.75, 3.05) is 52.4 Å². The van der Waals surface area contributed by atoms with Crippen molar-refractivity contribution < 1.29 is 23.2 Å². The minimum atomic E-state index is -0.999. The Hall–Kier alpha value is -3.53. The summed E-state index contributed by atoms with van der Waals surface area (Å²) in [6.07, 6.45) is 7.42. The number of rotatable bonds is 10. The van der Waals surface area contributed by atoms with Crippen LogP contribution < -0.4 is 10.6 Å². The van der Waals surface area contributed by atoms with Crippen LogP contribution in [0.15, 0.2) is 48.5 Å². The molecule has 250 valence electrons. The van der Waals surface area contributed by atoms with E-state index in [0.29, 0.717) is 56.9 Å². The van der Waals surface area contributed by atoms with E-state index in [1.807, 2.05) is 37.3 Å². The molecule has 0 bridgehead atoms. The summed E-state index contributed by atoms with van der Waals surface area (Å²) in [6.45, 7) is 7.41. The van der Waals surface area contributed by atoms with Crippen molar-refractivity contribution in [3.8, 4) is 0 Å². The molecule has 46 heavy (non-hydrogen) atoms. The topological polar surface area (TPSA) is 85.0 Å². The fourth-order valence-electron chi connectivity index (χ4n) is 7.53. The number of hydrogen-bond donors (Lipinski definition) is 2. The molecule has 2 N–H and O–H groups in total. The van der Waals surface area contributed by atoms with Crippen molar-refractivity contribution in [2.45, 2.75) is 70.8 Å². The predicted octanol–water partition coefficient (Wildman–Crippen LogP) is 4.77. The Balaban J connectivity index is 1.34. The Morgan fingerprint density at radius 1 is 0.891 bits per heavy atom. The normalized spacial score (nSPS) is 23.1. The Morgan fingerprint density at radius 3 is 2.39 bits per heavy atom. The van der Waals surface area contributed by atoms with Crippen LogP contribution in [0.3, 0.4) is 0 Å². The maximum Gasteiger partial charge on any atom is 0.318 e. The van der Waals surface area contributed by atoms with E-state index in [9.17, 15) is 23.2 Å². The Kier molecular flexibility index (Phi) is 11.7. The van der Waals surface area contributed by atoms with Crippen LogP contribution in [0.25, 0.3) is 0 Å². The second-order valence-corrected chi connectivity index (χ2v) is 13.4. The van der Waals surface area contributed by atoms with Crippen molar-refractivity contribution in [3.63, 3.8) is 0 Å². The van der Waals surface area contributed by atoms with Gasteiger partial charge in [-0.1, -0.05) is 42.8 Å². The maximum atomic E-state index is 14.3. The highest BCUT2D eigenvalue weighted by Gasteiger charge is 2.44. The summed E-state index contributed by atoms with van der Waals surface area (Å²) in [5.41, 5.74) is 0.602. The smallest absolute Gasteiger partial charge is 0.318 e. The van der Waals surface area contributed by atoms with Crippen LogP contribution in [0.4, 0.5) is 13.6 Å². The minimum absolute atomic E-state index is 0.0101. The van der Waals surface area contributed by atoms with Gasteiger partial charge in [-0.25, -0.2) is 13.6 Å². The lowest BCUT2D eigenvalue weighted by molar-refractivity contribution is -0.142. The van der Waals surface area contributed by atoms with E-state index < -0.39 is 23.1 Å². The number of likely N-dealkylation sites (tertiary alicyclic amines) is 3. The molecule has 3 heterocycles. The van der Waals surface area contributed by atoms with Crippen LogP contribution in [0.5, 0.6) is 0 Å². The summed E-state index contributed by atoms with van der Waals surface area (Å²) in [5, 5.41) is 5.98. The molecule has 3 fully saturated rings. The highest BCUT2D eigenvalue weighted by atomic mass is 19.2. The monoisotopic (exact) mass is 637 g/mol. The standard InChI is InChI=1S/C36H49F2N5O3/c1-2-39-34(45)36(23-27-11-5-3-6-12-27)16-10-20-43(26-36)33(44)32(22-28-14-15-30(37)31(38)21-28)40-35(46)42-19-9-13-29(25-42)24-41-17-7-4-8-18-41/h3,5-6,11-12,14-15,21,29,32H,2,4,7-10,13,16-20,22-26H2,1H3,(H,39,45)(H,40,46)/t29?,32-,36+/m1/s1. The quantitative estimate of drug-likeness (QED) is 0.393. The third-order valence-electron chi connectivity index (χ3n) is 9.88. The molecule has 1 unspecified atom stereocenters. The van der Waals surface area contributed by atoms with Gasteiger partial charge >= 0.3 is 6.03 Å². The molecule has 0 aromatic heterocycles. The number of halogens is 2. The van der Waals surface area contributed by atoms with E-state index in [0.717, 1.165) is 50.2 Å². The number of benzene rings is 2. The number of carbonyl (C=O) groups is 3. The predicted molar refractivity (Wildman–Crippen MR) is 174 cm³/mol. The summed E-state index contributed by atoms with van der Waals surface area (Å²) in [5.74, 6) is -2.00. The maximum absolute atomic E-state index is 14.3. The molecule has 3 atom stereocenters. The summed E-state index contributed by atoms with van der Waals surface area (Å²) >= 11 is 0. The third kappa shape index (κ3) is 8.63. The molecule has 0 aliphatic carbocycles. The average Bonchev–Trinajstić information content (AvgIpc) is 3.07. The van der Waals surface area contributed by atoms with Gasteiger partial charge in [0, 0.05) is 45.7 Å². The first-order valence-electron chi connectivity index (χ1n) is 17.1. The molecular weight excluding hydrogens is 588 g/mol. The van der Waals surface area contributed by atoms with E-state index in [-0.39, 0.29) is 30.8 Å². The van der Waals surface area contributed by atoms with E-state index in [2.05, 4.69) is 15.5 Å². The number of carbonyl (C=O) groups excluding carboxylic acids is 3. The third-order valence-corrected chi connectivity index (χ3v) is 9.88. The summed E-state index contributed by atoms with van der Waals surface area (Å²) in [6, 6.07) is 12.1. The van der Waals surface area contributed by atoms with Crippen molar-refractivity contribution in [2.24, 2.45) is 11.3 Å². The molecular formula is C36H49F2N5O3. The number of urea groups is 1. The molecule has 2 aromatic carbocycles. The number of piperidine rings is 3. The van der Waals surface area contributed by atoms with Gasteiger partial charge < -0.3 is 25.3 Å². The van der Waals surface area contributed by atoms with Gasteiger partial charge in [0.05, 0.1) is 5.41 Å². The fraction of sp³-hybridized carbons (Fsp3) is 0.583. The van der Waals surface area contributed by atoms with Crippen LogP contribution in [-0.4, -0.2) is 90.9 Å². The largest absolute Gasteiger partial charge is 0.356 e. The summed E-state index contributed by atoms with van der Waals surface area (Å²) in [7, 11) is 0. The SMILES string of the molecule is CCNC(=O)[C@]1(Cc2ccccc2)CCCN(C(=O)[C@@H](Cc2ccc(F)c(F)c2)NC(=O)N2CCCC(CN3CCCCC3)C2)C1.